The van der Waals surface area contributed by atoms with Crippen LogP contribution in [0.25, 0.3) is 0 Å². The van der Waals surface area contributed by atoms with Crippen molar-refractivity contribution in [3.8, 4) is 0 Å². The van der Waals surface area contributed by atoms with E-state index in [0.29, 0.717) is 15.4 Å². The van der Waals surface area contributed by atoms with E-state index >= 15 is 0 Å². The van der Waals surface area contributed by atoms with Gasteiger partial charge >= 0.3 is 5.97 Å². The topological polar surface area (TPSA) is 114 Å². The lowest BCUT2D eigenvalue weighted by Crippen LogP contribution is -2.86. The number of quaternary nitrogens is 1. The first-order chi connectivity index (χ1) is 12.9. The van der Waals surface area contributed by atoms with E-state index in [1.54, 1.807) is 26.2 Å². The Kier molecular flexibility index (Phi) is 7.14. The van der Waals surface area contributed by atoms with Gasteiger partial charge in [0.25, 0.3) is 11.8 Å². The lowest BCUT2D eigenvalue weighted by molar-refractivity contribution is -0.684. The summed E-state index contributed by atoms with van der Waals surface area (Å²) < 4.78 is 10.4. The van der Waals surface area contributed by atoms with E-state index in [2.05, 4.69) is 10.6 Å². The van der Waals surface area contributed by atoms with Crippen LogP contribution in [0.15, 0.2) is 22.8 Å². The van der Waals surface area contributed by atoms with Crippen LogP contribution in [0.4, 0.5) is 5.00 Å². The van der Waals surface area contributed by atoms with Gasteiger partial charge in [-0.25, -0.2) is 4.79 Å². The molecule has 0 aliphatic carbocycles. The number of furan rings is 1. The standard InChI is InChI=1S/C18H23N3O5S/c1-5-25-18(24)14-10(2)15(16(23)19-4)27-17(14)21-13(22)9-20-11(3)12-7-6-8-26-12/h6-8,11,20H,5,9H2,1-4H3,(H,19,23)(H,21,22)/p+1/t11-/m0/s1. The van der Waals surface area contributed by atoms with Crippen LogP contribution in [0.3, 0.4) is 0 Å². The van der Waals surface area contributed by atoms with E-state index in [1.807, 2.05) is 18.3 Å². The number of hydrogen-bond acceptors (Lipinski definition) is 6. The molecule has 0 spiro atoms. The third kappa shape index (κ3) is 4.95. The molecule has 0 saturated heterocycles. The van der Waals surface area contributed by atoms with Crippen molar-refractivity contribution in [1.82, 2.24) is 5.32 Å². The van der Waals surface area contributed by atoms with Crippen molar-refractivity contribution in [2.24, 2.45) is 0 Å². The van der Waals surface area contributed by atoms with Crippen LogP contribution in [0.1, 0.15) is 51.2 Å². The SMILES string of the molecule is CCOC(=O)c1c(NC(=O)C[NH2+][C@@H](C)c2ccco2)sc(C(=O)NC)c1C. The molecule has 4 N–H and O–H groups in total. The van der Waals surface area contributed by atoms with Crippen molar-refractivity contribution in [3.63, 3.8) is 0 Å². The van der Waals surface area contributed by atoms with E-state index in [-0.39, 0.29) is 36.6 Å². The Morgan fingerprint density at radius 3 is 2.70 bits per heavy atom. The highest BCUT2D eigenvalue weighted by atomic mass is 32.1. The summed E-state index contributed by atoms with van der Waals surface area (Å²) in [6.45, 7) is 5.62. The van der Waals surface area contributed by atoms with E-state index in [4.69, 9.17) is 9.15 Å². The van der Waals surface area contributed by atoms with E-state index < -0.39 is 5.97 Å². The number of amides is 2. The highest BCUT2D eigenvalue weighted by Crippen LogP contribution is 2.33. The predicted molar refractivity (Wildman–Crippen MR) is 101 cm³/mol. The van der Waals surface area contributed by atoms with Gasteiger partial charge in [0.2, 0.25) is 0 Å². The van der Waals surface area contributed by atoms with Gasteiger partial charge in [-0.2, -0.15) is 0 Å². The zero-order valence-electron chi connectivity index (χ0n) is 15.8. The highest BCUT2D eigenvalue weighted by molar-refractivity contribution is 7.18. The number of anilines is 1. The number of carbonyl (C=O) groups excluding carboxylic acids is 3. The lowest BCUT2D eigenvalue weighted by atomic mass is 10.1. The number of nitrogens with one attached hydrogen (secondary N) is 2. The summed E-state index contributed by atoms with van der Waals surface area (Å²) in [7, 11) is 1.51. The molecule has 2 aromatic heterocycles. The summed E-state index contributed by atoms with van der Waals surface area (Å²) in [6, 6.07) is 3.61. The molecule has 0 saturated carbocycles. The van der Waals surface area contributed by atoms with Gasteiger partial charge in [0.15, 0.2) is 12.3 Å². The Morgan fingerprint density at radius 2 is 2.11 bits per heavy atom. The van der Waals surface area contributed by atoms with Gasteiger partial charge in [-0.05, 0) is 38.5 Å². The second kappa shape index (κ2) is 9.33. The van der Waals surface area contributed by atoms with E-state index in [1.165, 1.54) is 7.05 Å². The third-order valence-electron chi connectivity index (χ3n) is 3.96. The highest BCUT2D eigenvalue weighted by Gasteiger charge is 2.26. The van der Waals surface area contributed by atoms with Gasteiger partial charge < -0.3 is 25.1 Å². The monoisotopic (exact) mass is 394 g/mol. The third-order valence-corrected chi connectivity index (χ3v) is 5.17. The van der Waals surface area contributed by atoms with Crippen molar-refractivity contribution < 1.29 is 28.9 Å². The first-order valence-electron chi connectivity index (χ1n) is 8.58. The van der Waals surface area contributed by atoms with Crippen molar-refractivity contribution in [3.05, 3.63) is 40.2 Å². The summed E-state index contributed by atoms with van der Waals surface area (Å²) in [5.74, 6) is -0.404. The van der Waals surface area contributed by atoms with Crippen LogP contribution in [0.2, 0.25) is 0 Å². The Labute approximate surface area is 161 Å². The second-order valence-electron chi connectivity index (χ2n) is 5.85. The molecule has 0 aromatic carbocycles. The van der Waals surface area contributed by atoms with Gasteiger partial charge in [-0.1, -0.05) is 0 Å². The van der Waals surface area contributed by atoms with Gasteiger partial charge in [-0.15, -0.1) is 11.3 Å². The Morgan fingerprint density at radius 1 is 1.37 bits per heavy atom. The molecule has 2 amide bonds. The summed E-state index contributed by atoms with van der Waals surface area (Å²) in [6.07, 6.45) is 1.58. The number of carbonyl (C=O) groups is 3. The largest absolute Gasteiger partial charge is 0.463 e. The zero-order valence-corrected chi connectivity index (χ0v) is 16.6. The van der Waals surface area contributed by atoms with Crippen LogP contribution in [-0.2, 0) is 9.53 Å². The smallest absolute Gasteiger partial charge is 0.341 e. The maximum absolute atomic E-state index is 12.4. The Balaban J connectivity index is 2.14. The number of thiophene rings is 1. The summed E-state index contributed by atoms with van der Waals surface area (Å²) in [5.41, 5.74) is 0.703. The number of hydrogen-bond donors (Lipinski definition) is 3. The molecule has 27 heavy (non-hydrogen) atoms. The maximum Gasteiger partial charge on any atom is 0.341 e. The molecule has 8 nitrogen and oxygen atoms in total. The summed E-state index contributed by atoms with van der Waals surface area (Å²) >= 11 is 1.06. The lowest BCUT2D eigenvalue weighted by Gasteiger charge is -2.09. The fourth-order valence-electron chi connectivity index (χ4n) is 2.51. The average molecular weight is 394 g/mol. The molecule has 0 unspecified atom stereocenters. The molecule has 0 aliphatic heterocycles. The number of ether oxygens (including phenoxy) is 1. The number of nitrogens with two attached hydrogens (primary N) is 1. The van der Waals surface area contributed by atoms with Crippen molar-refractivity contribution in [2.75, 3.05) is 25.5 Å². The van der Waals surface area contributed by atoms with Crippen LogP contribution in [0.5, 0.6) is 0 Å². The zero-order chi connectivity index (χ0) is 20.0. The first kappa shape index (κ1) is 20.7. The molecular formula is C18H24N3O5S+. The fourth-order valence-corrected chi connectivity index (χ4v) is 3.67. The fraction of sp³-hybridized carbons (Fsp3) is 0.389. The van der Waals surface area contributed by atoms with E-state index in [0.717, 1.165) is 17.1 Å². The van der Waals surface area contributed by atoms with Gasteiger partial charge in [0.1, 0.15) is 11.0 Å². The number of esters is 1. The molecular weight excluding hydrogens is 370 g/mol. The van der Waals surface area contributed by atoms with Crippen molar-refractivity contribution in [2.45, 2.75) is 26.8 Å². The predicted octanol–water partition coefficient (Wildman–Crippen LogP) is 1.45. The van der Waals surface area contributed by atoms with Crippen LogP contribution in [0, 0.1) is 6.92 Å². The molecule has 0 fully saturated rings. The van der Waals surface area contributed by atoms with Crippen LogP contribution in [-0.4, -0.2) is 38.0 Å². The van der Waals surface area contributed by atoms with E-state index in [9.17, 15) is 14.4 Å². The average Bonchev–Trinajstić information content (AvgIpc) is 3.27. The van der Waals surface area contributed by atoms with Crippen molar-refractivity contribution >= 4 is 34.1 Å². The molecule has 0 radical (unpaired) electrons. The molecule has 9 heteroatoms. The Bertz CT molecular complexity index is 813. The summed E-state index contributed by atoms with van der Waals surface area (Å²) in [5, 5.41) is 7.39. The molecule has 0 bridgehead atoms. The van der Waals surface area contributed by atoms with Gasteiger partial charge in [0.05, 0.1) is 23.3 Å². The van der Waals surface area contributed by atoms with Crippen LogP contribution >= 0.6 is 11.3 Å². The molecule has 0 aliphatic rings. The minimum Gasteiger partial charge on any atom is -0.463 e. The number of rotatable bonds is 8. The molecule has 2 aromatic rings. The maximum atomic E-state index is 12.4. The normalized spacial score (nSPS) is 11.7. The second-order valence-corrected chi connectivity index (χ2v) is 6.87. The molecule has 146 valence electrons. The van der Waals surface area contributed by atoms with Gasteiger partial charge in [-0.3, -0.25) is 9.59 Å². The van der Waals surface area contributed by atoms with Crippen LogP contribution < -0.4 is 16.0 Å². The quantitative estimate of drug-likeness (QED) is 0.586. The molecule has 2 heterocycles. The minimum absolute atomic E-state index is 0.0261. The molecule has 1 atom stereocenters. The minimum atomic E-state index is -0.565. The van der Waals surface area contributed by atoms with Gasteiger partial charge in [0, 0.05) is 7.05 Å². The first-order valence-corrected chi connectivity index (χ1v) is 9.39. The van der Waals surface area contributed by atoms with Crippen molar-refractivity contribution in [1.29, 1.82) is 0 Å². The molecule has 2 rings (SSSR count). The summed E-state index contributed by atoms with van der Waals surface area (Å²) in [4.78, 5) is 37.0. The Hall–Kier alpha value is -2.65.